The predicted octanol–water partition coefficient (Wildman–Crippen LogP) is 3.46. The second-order valence-electron chi connectivity index (χ2n) is 8.54. The summed E-state index contributed by atoms with van der Waals surface area (Å²) in [5.41, 5.74) is 2.34. The normalized spacial score (nSPS) is 30.6. The van der Waals surface area contributed by atoms with Crippen molar-refractivity contribution in [2.75, 3.05) is 32.8 Å². The van der Waals surface area contributed by atoms with E-state index < -0.39 is 0 Å². The van der Waals surface area contributed by atoms with Crippen molar-refractivity contribution in [2.24, 2.45) is 5.92 Å². The first-order chi connectivity index (χ1) is 13.8. The van der Waals surface area contributed by atoms with Gasteiger partial charge < -0.3 is 10.1 Å². The fourth-order valence-corrected chi connectivity index (χ4v) is 5.91. The number of ether oxygens (including phenoxy) is 1. The molecule has 1 N–H and O–H groups in total. The average molecular weight is 399 g/mol. The highest BCUT2D eigenvalue weighted by Crippen LogP contribution is 2.42. The lowest BCUT2D eigenvalue weighted by Crippen LogP contribution is -2.56. The van der Waals surface area contributed by atoms with E-state index in [0.29, 0.717) is 18.0 Å². The molecule has 150 valence electrons. The summed E-state index contributed by atoms with van der Waals surface area (Å²) in [4.78, 5) is 13.5. The van der Waals surface area contributed by atoms with E-state index in [2.05, 4.69) is 33.8 Å². The highest BCUT2D eigenvalue weighted by Gasteiger charge is 2.41. The van der Waals surface area contributed by atoms with Crippen LogP contribution in [0.2, 0.25) is 0 Å². The monoisotopic (exact) mass is 398 g/mol. The van der Waals surface area contributed by atoms with Crippen molar-refractivity contribution in [2.45, 2.75) is 50.6 Å². The van der Waals surface area contributed by atoms with Crippen LogP contribution in [0, 0.1) is 12.8 Å². The van der Waals surface area contributed by atoms with Crippen LogP contribution in [0.15, 0.2) is 23.6 Å². The molecule has 0 amide bonds. The molecule has 2 bridgehead atoms. The van der Waals surface area contributed by atoms with Crippen LogP contribution < -0.4 is 5.32 Å². The van der Waals surface area contributed by atoms with Crippen LogP contribution in [0.1, 0.15) is 43.1 Å². The van der Waals surface area contributed by atoms with E-state index in [4.69, 9.17) is 14.7 Å². The molecule has 28 heavy (non-hydrogen) atoms. The molecule has 4 aliphatic heterocycles. The third kappa shape index (κ3) is 3.88. The lowest BCUT2D eigenvalue weighted by Gasteiger charge is -2.50. The van der Waals surface area contributed by atoms with Crippen molar-refractivity contribution in [1.29, 1.82) is 0 Å². The summed E-state index contributed by atoms with van der Waals surface area (Å²) in [6.45, 7) is 7.36. The van der Waals surface area contributed by atoms with E-state index >= 15 is 0 Å². The molecule has 2 aromatic heterocycles. The molecule has 4 saturated heterocycles. The first-order valence-electron chi connectivity index (χ1n) is 10.7. The molecule has 0 aliphatic carbocycles. The van der Waals surface area contributed by atoms with Gasteiger partial charge in [-0.1, -0.05) is 6.07 Å². The molecule has 0 radical (unpaired) electrons. The Balaban J connectivity index is 1.27. The third-order valence-electron chi connectivity index (χ3n) is 6.75. The van der Waals surface area contributed by atoms with E-state index in [9.17, 15) is 0 Å². The van der Waals surface area contributed by atoms with Gasteiger partial charge in [0.1, 0.15) is 5.82 Å². The Morgan fingerprint density at radius 1 is 1.25 bits per heavy atom. The average Bonchev–Trinajstić information content (AvgIpc) is 3.28. The quantitative estimate of drug-likeness (QED) is 0.836. The Hall–Kier alpha value is -1.34. The Morgan fingerprint density at radius 3 is 2.89 bits per heavy atom. The number of nitrogens with zero attached hydrogens (tertiary/aromatic N) is 3. The van der Waals surface area contributed by atoms with Crippen molar-refractivity contribution in [3.63, 3.8) is 0 Å². The topological polar surface area (TPSA) is 50.3 Å². The summed E-state index contributed by atoms with van der Waals surface area (Å²) in [7, 11) is 0. The summed E-state index contributed by atoms with van der Waals surface area (Å²) in [6.07, 6.45) is 4.91. The molecule has 5 nitrogen and oxygen atoms in total. The molecular formula is C22H30N4OS. The zero-order valence-electron chi connectivity index (χ0n) is 16.6. The van der Waals surface area contributed by atoms with Crippen LogP contribution in [0.5, 0.6) is 0 Å². The summed E-state index contributed by atoms with van der Waals surface area (Å²) < 4.78 is 5.49. The minimum absolute atomic E-state index is 0.550. The molecule has 4 fully saturated rings. The zero-order valence-corrected chi connectivity index (χ0v) is 17.5. The van der Waals surface area contributed by atoms with Crippen molar-refractivity contribution >= 4 is 11.3 Å². The lowest BCUT2D eigenvalue weighted by molar-refractivity contribution is 0.0235. The molecule has 6 heteroatoms. The first kappa shape index (κ1) is 18.7. The minimum Gasteiger partial charge on any atom is -0.381 e. The van der Waals surface area contributed by atoms with Crippen molar-refractivity contribution in [1.82, 2.24) is 20.2 Å². The number of piperidine rings is 3. The van der Waals surface area contributed by atoms with E-state index in [1.165, 1.54) is 30.0 Å². The second-order valence-corrected chi connectivity index (χ2v) is 9.48. The molecule has 6 heterocycles. The van der Waals surface area contributed by atoms with E-state index in [0.717, 1.165) is 56.6 Å². The van der Waals surface area contributed by atoms with Crippen LogP contribution in [-0.2, 0) is 4.74 Å². The van der Waals surface area contributed by atoms with Gasteiger partial charge in [-0.15, -0.1) is 11.3 Å². The van der Waals surface area contributed by atoms with Gasteiger partial charge in [0.05, 0.1) is 10.6 Å². The minimum atomic E-state index is 0.550. The molecule has 2 aromatic rings. The first-order valence-corrected chi connectivity index (χ1v) is 11.6. The van der Waals surface area contributed by atoms with Crippen molar-refractivity contribution in [3.05, 3.63) is 35.1 Å². The molecular weight excluding hydrogens is 368 g/mol. The molecule has 6 rings (SSSR count). The Morgan fingerprint density at radius 2 is 2.14 bits per heavy atom. The second kappa shape index (κ2) is 8.19. The van der Waals surface area contributed by atoms with Crippen LogP contribution >= 0.6 is 11.3 Å². The summed E-state index contributed by atoms with van der Waals surface area (Å²) in [6, 6.07) is 7.83. The maximum atomic E-state index is 5.49. The van der Waals surface area contributed by atoms with Gasteiger partial charge in [-0.25, -0.2) is 9.97 Å². The van der Waals surface area contributed by atoms with Gasteiger partial charge in [0.25, 0.3) is 0 Å². The number of rotatable bonds is 5. The summed E-state index contributed by atoms with van der Waals surface area (Å²) >= 11 is 1.76. The number of thiophene rings is 1. The maximum absolute atomic E-state index is 5.49. The van der Waals surface area contributed by atoms with Gasteiger partial charge in [0.15, 0.2) is 0 Å². The van der Waals surface area contributed by atoms with E-state index in [1.54, 1.807) is 11.3 Å². The highest BCUT2D eigenvalue weighted by molar-refractivity contribution is 7.13. The number of aryl methyl sites for hydroxylation is 1. The largest absolute Gasteiger partial charge is 0.381 e. The summed E-state index contributed by atoms with van der Waals surface area (Å²) in [5, 5.41) is 5.94. The Bertz CT molecular complexity index is 790. The van der Waals surface area contributed by atoms with Gasteiger partial charge in [0.2, 0.25) is 0 Å². The Labute approximate surface area is 171 Å². The standard InChI is InChI=1S/C22H30N4OS/c1-15-24-20(12-21(25-15)22-3-2-10-28-22)19-14-26-7-4-16(19)11-18(26)13-23-17-5-8-27-9-6-17/h2-3,10,12,16-19,23H,4-9,11,13-14H2,1H3/t16-,18+,19-/m0/s1. The number of nitrogens with one attached hydrogen (secondary N) is 1. The van der Waals surface area contributed by atoms with Crippen LogP contribution in [-0.4, -0.2) is 59.8 Å². The number of fused-ring (bicyclic) bond motifs is 3. The number of hydrogen-bond donors (Lipinski definition) is 1. The van der Waals surface area contributed by atoms with E-state index in [-0.39, 0.29) is 0 Å². The lowest BCUT2D eigenvalue weighted by atomic mass is 9.74. The van der Waals surface area contributed by atoms with Crippen molar-refractivity contribution in [3.8, 4) is 10.6 Å². The van der Waals surface area contributed by atoms with E-state index in [1.807, 2.05) is 6.92 Å². The number of aromatic nitrogens is 2. The maximum Gasteiger partial charge on any atom is 0.126 e. The molecule has 4 atom stereocenters. The smallest absolute Gasteiger partial charge is 0.126 e. The highest BCUT2D eigenvalue weighted by atomic mass is 32.1. The Kier molecular flexibility index (Phi) is 5.46. The van der Waals surface area contributed by atoms with Crippen LogP contribution in [0.4, 0.5) is 0 Å². The molecule has 0 saturated carbocycles. The number of hydrogen-bond acceptors (Lipinski definition) is 6. The molecule has 0 aromatic carbocycles. The van der Waals surface area contributed by atoms with Gasteiger partial charge in [-0.2, -0.15) is 0 Å². The van der Waals surface area contributed by atoms with Gasteiger partial charge in [-0.05, 0) is 62.6 Å². The molecule has 4 aliphatic rings. The predicted molar refractivity (Wildman–Crippen MR) is 113 cm³/mol. The van der Waals surface area contributed by atoms with Gasteiger partial charge in [-0.3, -0.25) is 4.90 Å². The fraction of sp³-hybridized carbons (Fsp3) is 0.636. The van der Waals surface area contributed by atoms with Crippen molar-refractivity contribution < 1.29 is 4.74 Å². The SMILES string of the molecule is Cc1nc(-c2cccs2)cc([C@H]2CN3CC[C@H]2C[C@@H]3CNC2CCOCC2)n1. The van der Waals surface area contributed by atoms with Crippen LogP contribution in [0.25, 0.3) is 10.6 Å². The molecule has 0 spiro atoms. The summed E-state index contributed by atoms with van der Waals surface area (Å²) in [5.74, 6) is 2.19. The molecule has 1 unspecified atom stereocenters. The zero-order chi connectivity index (χ0) is 18.9. The van der Waals surface area contributed by atoms with Gasteiger partial charge in [0, 0.05) is 50.0 Å². The third-order valence-corrected chi connectivity index (χ3v) is 7.65. The fourth-order valence-electron chi connectivity index (χ4n) is 5.22. The van der Waals surface area contributed by atoms with Crippen LogP contribution in [0.3, 0.4) is 0 Å². The van der Waals surface area contributed by atoms with Gasteiger partial charge >= 0.3 is 0 Å².